The first kappa shape index (κ1) is 10.8. The Kier molecular flexibility index (Phi) is 4.25. The molecule has 1 aromatic rings. The van der Waals surface area contributed by atoms with Gasteiger partial charge in [0.15, 0.2) is 0 Å². The third-order valence-corrected chi connectivity index (χ3v) is 1.92. The van der Waals surface area contributed by atoms with Crippen LogP contribution in [0, 0.1) is 10.1 Å². The van der Waals surface area contributed by atoms with E-state index in [1.54, 1.807) is 12.1 Å². The fourth-order valence-corrected chi connectivity index (χ4v) is 1.07. The minimum atomic E-state index is -0.439. The largest absolute Gasteiger partial charge is 0.493 e. The van der Waals surface area contributed by atoms with E-state index in [1.807, 2.05) is 0 Å². The van der Waals surface area contributed by atoms with Crippen molar-refractivity contribution in [3.63, 3.8) is 0 Å². The van der Waals surface area contributed by atoms with Crippen LogP contribution in [0.1, 0.15) is 6.42 Å². The number of non-ortho nitro benzene ring substituents is 1. The van der Waals surface area contributed by atoms with E-state index in [0.29, 0.717) is 12.4 Å². The van der Waals surface area contributed by atoms with Crippen molar-refractivity contribution in [1.29, 1.82) is 0 Å². The molecule has 0 spiro atoms. The van der Waals surface area contributed by atoms with Crippen LogP contribution in [0.5, 0.6) is 5.75 Å². The van der Waals surface area contributed by atoms with Crippen molar-refractivity contribution in [3.8, 4) is 5.75 Å². The third kappa shape index (κ3) is 3.26. The van der Waals surface area contributed by atoms with E-state index in [-0.39, 0.29) is 5.69 Å². The van der Waals surface area contributed by atoms with Gasteiger partial charge in [0.25, 0.3) is 5.69 Å². The molecule has 0 aliphatic carbocycles. The number of thiol groups is 1. The lowest BCUT2D eigenvalue weighted by molar-refractivity contribution is -0.384. The summed E-state index contributed by atoms with van der Waals surface area (Å²) in [6, 6.07) is 6.16. The summed E-state index contributed by atoms with van der Waals surface area (Å²) < 4.78 is 5.28. The zero-order chi connectivity index (χ0) is 10.4. The highest BCUT2D eigenvalue weighted by Gasteiger charge is 2.05. The molecule has 0 atom stereocenters. The van der Waals surface area contributed by atoms with E-state index in [9.17, 15) is 10.1 Å². The van der Waals surface area contributed by atoms with Crippen molar-refractivity contribution in [2.24, 2.45) is 0 Å². The van der Waals surface area contributed by atoms with Crippen molar-refractivity contribution in [2.45, 2.75) is 6.42 Å². The molecule has 1 aromatic carbocycles. The van der Waals surface area contributed by atoms with Crippen molar-refractivity contribution < 1.29 is 9.66 Å². The molecule has 5 heteroatoms. The minimum absolute atomic E-state index is 0.0494. The van der Waals surface area contributed by atoms with E-state index in [1.165, 1.54) is 12.1 Å². The zero-order valence-electron chi connectivity index (χ0n) is 7.55. The Balaban J connectivity index is 2.59. The maximum atomic E-state index is 10.4. The summed E-state index contributed by atoms with van der Waals surface area (Å²) in [7, 11) is 0. The third-order valence-electron chi connectivity index (χ3n) is 1.60. The molecule has 0 heterocycles. The second-order valence-corrected chi connectivity index (χ2v) is 3.13. The first-order valence-electron chi connectivity index (χ1n) is 4.22. The molecular weight excluding hydrogens is 202 g/mol. The van der Waals surface area contributed by atoms with Crippen LogP contribution >= 0.6 is 12.6 Å². The minimum Gasteiger partial charge on any atom is -0.493 e. The predicted molar refractivity (Wildman–Crippen MR) is 57.1 cm³/mol. The normalized spacial score (nSPS) is 9.79. The lowest BCUT2D eigenvalue weighted by Gasteiger charge is -2.03. The SMILES string of the molecule is O=[N+]([O-])c1cccc(OCCCS)c1. The molecule has 0 radical (unpaired) electrons. The van der Waals surface area contributed by atoms with Gasteiger partial charge in [0, 0.05) is 6.07 Å². The van der Waals surface area contributed by atoms with Crippen molar-refractivity contribution in [3.05, 3.63) is 34.4 Å². The summed E-state index contributed by atoms with van der Waals surface area (Å²) in [6.07, 6.45) is 0.825. The number of hydrogen-bond acceptors (Lipinski definition) is 4. The number of ether oxygens (including phenoxy) is 1. The molecule has 14 heavy (non-hydrogen) atoms. The van der Waals surface area contributed by atoms with E-state index in [4.69, 9.17) is 4.74 Å². The Labute approximate surface area is 87.4 Å². The maximum Gasteiger partial charge on any atom is 0.273 e. The Hall–Kier alpha value is -1.23. The predicted octanol–water partition coefficient (Wildman–Crippen LogP) is 2.29. The van der Waals surface area contributed by atoms with Gasteiger partial charge in [0.05, 0.1) is 17.6 Å². The van der Waals surface area contributed by atoms with Crippen LogP contribution in [0.2, 0.25) is 0 Å². The molecule has 0 aliphatic heterocycles. The smallest absolute Gasteiger partial charge is 0.273 e. The highest BCUT2D eigenvalue weighted by molar-refractivity contribution is 7.80. The van der Waals surface area contributed by atoms with Crippen LogP contribution in [0.25, 0.3) is 0 Å². The van der Waals surface area contributed by atoms with Crippen LogP contribution in [-0.4, -0.2) is 17.3 Å². The first-order chi connectivity index (χ1) is 6.74. The number of nitro benzene ring substituents is 1. The zero-order valence-corrected chi connectivity index (χ0v) is 8.44. The standard InChI is InChI=1S/C9H11NO3S/c11-10(12)8-3-1-4-9(7-8)13-5-2-6-14/h1,3-4,7,14H,2,5-6H2. The average Bonchev–Trinajstić information content (AvgIpc) is 2.19. The summed E-state index contributed by atoms with van der Waals surface area (Å²) in [5.74, 6) is 1.27. The summed E-state index contributed by atoms with van der Waals surface area (Å²) in [5.41, 5.74) is 0.0494. The fraction of sp³-hybridized carbons (Fsp3) is 0.333. The van der Waals surface area contributed by atoms with Gasteiger partial charge in [0.2, 0.25) is 0 Å². The number of benzene rings is 1. The van der Waals surface area contributed by atoms with Crippen LogP contribution in [0.3, 0.4) is 0 Å². The van der Waals surface area contributed by atoms with Gasteiger partial charge in [-0.15, -0.1) is 0 Å². The number of nitro groups is 1. The number of hydrogen-bond donors (Lipinski definition) is 1. The molecule has 0 unspecified atom stereocenters. The van der Waals surface area contributed by atoms with Crippen LogP contribution in [0.4, 0.5) is 5.69 Å². The molecular formula is C9H11NO3S. The van der Waals surface area contributed by atoms with Gasteiger partial charge in [-0.25, -0.2) is 0 Å². The van der Waals surface area contributed by atoms with Crippen LogP contribution < -0.4 is 4.74 Å². The molecule has 1 rings (SSSR count). The Morgan fingerprint density at radius 2 is 2.29 bits per heavy atom. The highest BCUT2D eigenvalue weighted by Crippen LogP contribution is 2.18. The summed E-state index contributed by atoms with van der Waals surface area (Å²) >= 11 is 4.03. The summed E-state index contributed by atoms with van der Waals surface area (Å²) in [6.45, 7) is 0.532. The topological polar surface area (TPSA) is 52.4 Å². The van der Waals surface area contributed by atoms with Crippen molar-refractivity contribution >= 4 is 18.3 Å². The van der Waals surface area contributed by atoms with E-state index in [0.717, 1.165) is 12.2 Å². The molecule has 0 aromatic heterocycles. The lowest BCUT2D eigenvalue weighted by atomic mass is 10.3. The molecule has 76 valence electrons. The van der Waals surface area contributed by atoms with E-state index in [2.05, 4.69) is 12.6 Å². The quantitative estimate of drug-likeness (QED) is 0.353. The van der Waals surface area contributed by atoms with Crippen molar-refractivity contribution in [2.75, 3.05) is 12.4 Å². The van der Waals surface area contributed by atoms with Crippen LogP contribution in [0.15, 0.2) is 24.3 Å². The van der Waals surface area contributed by atoms with Gasteiger partial charge in [0.1, 0.15) is 5.75 Å². The molecule has 0 aliphatic rings. The Morgan fingerprint density at radius 3 is 2.93 bits per heavy atom. The molecule has 0 saturated carbocycles. The van der Waals surface area contributed by atoms with Gasteiger partial charge in [-0.2, -0.15) is 12.6 Å². The van der Waals surface area contributed by atoms with Gasteiger partial charge in [-0.1, -0.05) is 6.07 Å². The van der Waals surface area contributed by atoms with Crippen LogP contribution in [-0.2, 0) is 0 Å². The molecule has 0 amide bonds. The highest BCUT2D eigenvalue weighted by atomic mass is 32.1. The molecule has 0 saturated heterocycles. The summed E-state index contributed by atoms with van der Waals surface area (Å²) in [5, 5.41) is 10.4. The Bertz CT molecular complexity index is 317. The van der Waals surface area contributed by atoms with E-state index < -0.39 is 4.92 Å². The first-order valence-corrected chi connectivity index (χ1v) is 4.85. The monoisotopic (exact) mass is 213 g/mol. The number of rotatable bonds is 5. The Morgan fingerprint density at radius 1 is 1.50 bits per heavy atom. The summed E-state index contributed by atoms with van der Waals surface area (Å²) in [4.78, 5) is 9.98. The van der Waals surface area contributed by atoms with Gasteiger partial charge < -0.3 is 4.74 Å². The van der Waals surface area contributed by atoms with E-state index >= 15 is 0 Å². The molecule has 0 N–H and O–H groups in total. The average molecular weight is 213 g/mol. The molecule has 4 nitrogen and oxygen atoms in total. The lowest BCUT2D eigenvalue weighted by Crippen LogP contribution is -1.98. The van der Waals surface area contributed by atoms with Gasteiger partial charge in [-0.05, 0) is 18.2 Å². The fourth-order valence-electron chi connectivity index (χ4n) is 0.941. The van der Waals surface area contributed by atoms with Gasteiger partial charge >= 0.3 is 0 Å². The van der Waals surface area contributed by atoms with Gasteiger partial charge in [-0.3, -0.25) is 10.1 Å². The maximum absolute atomic E-state index is 10.4. The van der Waals surface area contributed by atoms with Crippen molar-refractivity contribution in [1.82, 2.24) is 0 Å². The molecule has 0 fully saturated rings. The second kappa shape index (κ2) is 5.49. The molecule has 0 bridgehead atoms. The second-order valence-electron chi connectivity index (χ2n) is 2.68. The number of nitrogens with zero attached hydrogens (tertiary/aromatic N) is 1.